The second-order valence-electron chi connectivity index (χ2n) is 6.42. The second-order valence-corrected chi connectivity index (χ2v) is 8.36. The number of aliphatic carboxylic acids is 1. The minimum absolute atomic E-state index is 0.0183. The lowest BCUT2D eigenvalue weighted by molar-refractivity contribution is -0.142. The zero-order valence-electron chi connectivity index (χ0n) is 13.6. The van der Waals surface area contributed by atoms with Crippen LogP contribution in [0.25, 0.3) is 0 Å². The number of hydrogen-bond donors (Lipinski definition) is 1. The molecule has 1 heterocycles. The highest BCUT2D eigenvalue weighted by molar-refractivity contribution is 7.89. The molecule has 2 rings (SSSR count). The van der Waals surface area contributed by atoms with E-state index in [0.29, 0.717) is 18.3 Å². The fourth-order valence-electron chi connectivity index (χ4n) is 2.56. The second kappa shape index (κ2) is 6.88. The molecule has 2 atom stereocenters. The first-order valence-corrected chi connectivity index (χ1v) is 9.11. The van der Waals surface area contributed by atoms with E-state index in [2.05, 4.69) is 0 Å². The summed E-state index contributed by atoms with van der Waals surface area (Å²) in [6, 6.07) is 6.26. The summed E-state index contributed by atoms with van der Waals surface area (Å²) in [6.07, 6.45) is 0. The lowest BCUT2D eigenvalue weighted by Crippen LogP contribution is -2.30. The molecule has 1 aromatic carbocycles. The number of nitrogens with zero attached hydrogens (tertiary/aromatic N) is 1. The Balaban J connectivity index is 2.12. The largest absolute Gasteiger partial charge is 0.493 e. The maximum Gasteiger partial charge on any atom is 0.308 e. The Morgan fingerprint density at radius 1 is 1.30 bits per heavy atom. The minimum atomic E-state index is -3.67. The molecule has 0 aliphatic carbocycles. The summed E-state index contributed by atoms with van der Waals surface area (Å²) in [5.41, 5.74) is 0. The molecule has 0 spiro atoms. The van der Waals surface area contributed by atoms with Crippen molar-refractivity contribution in [3.05, 3.63) is 24.3 Å². The Morgan fingerprint density at radius 2 is 1.91 bits per heavy atom. The third kappa shape index (κ3) is 4.03. The van der Waals surface area contributed by atoms with Gasteiger partial charge in [-0.25, -0.2) is 8.42 Å². The third-order valence-electron chi connectivity index (χ3n) is 3.94. The molecule has 7 heteroatoms. The van der Waals surface area contributed by atoms with E-state index in [9.17, 15) is 13.2 Å². The van der Waals surface area contributed by atoms with Crippen LogP contribution in [0.15, 0.2) is 29.2 Å². The Kier molecular flexibility index (Phi) is 5.31. The van der Waals surface area contributed by atoms with E-state index in [4.69, 9.17) is 9.84 Å². The maximum atomic E-state index is 12.6. The Hall–Kier alpha value is -1.60. The number of rotatable bonds is 6. The van der Waals surface area contributed by atoms with Crippen LogP contribution < -0.4 is 4.74 Å². The molecule has 1 saturated heterocycles. The van der Waals surface area contributed by atoms with Crippen LogP contribution in [-0.4, -0.2) is 43.5 Å². The Labute approximate surface area is 137 Å². The van der Waals surface area contributed by atoms with Gasteiger partial charge in [0.15, 0.2) is 0 Å². The SMILES string of the molecule is CC(C)COc1ccc(S(=O)(=O)N2C[C@@H](C)[C@H](C(=O)O)C2)cc1. The summed E-state index contributed by atoms with van der Waals surface area (Å²) in [7, 11) is -3.67. The molecule has 1 aliphatic heterocycles. The zero-order valence-corrected chi connectivity index (χ0v) is 14.4. The van der Waals surface area contributed by atoms with Gasteiger partial charge in [-0.05, 0) is 36.1 Å². The summed E-state index contributed by atoms with van der Waals surface area (Å²) < 4.78 is 32.0. The highest BCUT2D eigenvalue weighted by Crippen LogP contribution is 2.29. The molecular weight excluding hydrogens is 318 g/mol. The van der Waals surface area contributed by atoms with Gasteiger partial charge in [0.2, 0.25) is 10.0 Å². The van der Waals surface area contributed by atoms with Crippen molar-refractivity contribution in [2.45, 2.75) is 25.7 Å². The Morgan fingerprint density at radius 3 is 2.39 bits per heavy atom. The summed E-state index contributed by atoms with van der Waals surface area (Å²) in [6.45, 7) is 6.64. The van der Waals surface area contributed by atoms with Crippen LogP contribution in [0.2, 0.25) is 0 Å². The van der Waals surface area contributed by atoms with Crippen molar-refractivity contribution < 1.29 is 23.1 Å². The van der Waals surface area contributed by atoms with Gasteiger partial charge in [0.25, 0.3) is 0 Å². The van der Waals surface area contributed by atoms with Gasteiger partial charge in [0.05, 0.1) is 17.4 Å². The van der Waals surface area contributed by atoms with Crippen LogP contribution >= 0.6 is 0 Å². The minimum Gasteiger partial charge on any atom is -0.493 e. The highest BCUT2D eigenvalue weighted by Gasteiger charge is 2.40. The number of ether oxygens (including phenoxy) is 1. The van der Waals surface area contributed by atoms with Crippen LogP contribution in [0, 0.1) is 17.8 Å². The molecule has 23 heavy (non-hydrogen) atoms. The van der Waals surface area contributed by atoms with Crippen molar-refractivity contribution in [3.8, 4) is 5.75 Å². The smallest absolute Gasteiger partial charge is 0.308 e. The number of carboxylic acids is 1. The molecule has 128 valence electrons. The van der Waals surface area contributed by atoms with Crippen molar-refractivity contribution >= 4 is 16.0 Å². The molecule has 0 unspecified atom stereocenters. The first-order chi connectivity index (χ1) is 10.7. The molecule has 1 aromatic rings. The molecule has 1 aliphatic rings. The van der Waals surface area contributed by atoms with E-state index >= 15 is 0 Å². The summed E-state index contributed by atoms with van der Waals surface area (Å²) in [5, 5.41) is 9.14. The van der Waals surface area contributed by atoms with Gasteiger partial charge in [-0.1, -0.05) is 20.8 Å². The average Bonchev–Trinajstić information content (AvgIpc) is 2.88. The normalized spacial score (nSPS) is 22.4. The van der Waals surface area contributed by atoms with Crippen LogP contribution in [0.1, 0.15) is 20.8 Å². The lowest BCUT2D eigenvalue weighted by atomic mass is 9.99. The predicted molar refractivity (Wildman–Crippen MR) is 85.8 cm³/mol. The van der Waals surface area contributed by atoms with E-state index in [1.54, 1.807) is 19.1 Å². The van der Waals surface area contributed by atoms with Crippen molar-refractivity contribution in [2.24, 2.45) is 17.8 Å². The van der Waals surface area contributed by atoms with E-state index in [1.165, 1.54) is 16.4 Å². The van der Waals surface area contributed by atoms with Gasteiger partial charge in [0.1, 0.15) is 5.75 Å². The van der Waals surface area contributed by atoms with Gasteiger partial charge in [-0.15, -0.1) is 0 Å². The number of carbonyl (C=O) groups is 1. The van der Waals surface area contributed by atoms with Crippen LogP contribution in [0.5, 0.6) is 5.75 Å². The zero-order chi connectivity index (χ0) is 17.2. The average molecular weight is 341 g/mol. The standard InChI is InChI=1S/C16H23NO5S/c1-11(2)10-22-13-4-6-14(7-5-13)23(20,21)17-8-12(3)15(9-17)16(18)19/h4-7,11-12,15H,8-10H2,1-3H3,(H,18,19)/t12-,15-/m1/s1. The number of carboxylic acid groups (broad SMARTS) is 1. The van der Waals surface area contributed by atoms with Gasteiger partial charge >= 0.3 is 5.97 Å². The van der Waals surface area contributed by atoms with E-state index in [1.807, 2.05) is 13.8 Å². The van der Waals surface area contributed by atoms with Gasteiger partial charge in [-0.2, -0.15) is 4.31 Å². The van der Waals surface area contributed by atoms with Gasteiger partial charge in [-0.3, -0.25) is 4.79 Å². The first-order valence-electron chi connectivity index (χ1n) is 7.67. The van der Waals surface area contributed by atoms with Crippen LogP contribution in [0.4, 0.5) is 0 Å². The molecule has 0 radical (unpaired) electrons. The number of benzene rings is 1. The van der Waals surface area contributed by atoms with Crippen LogP contribution in [0.3, 0.4) is 0 Å². The summed E-state index contributed by atoms with van der Waals surface area (Å²) >= 11 is 0. The number of sulfonamides is 1. The van der Waals surface area contributed by atoms with Crippen molar-refractivity contribution in [1.82, 2.24) is 4.31 Å². The van der Waals surface area contributed by atoms with E-state index in [0.717, 1.165) is 0 Å². The molecule has 0 amide bonds. The molecular formula is C16H23NO5S. The fourth-order valence-corrected chi connectivity index (χ4v) is 4.13. The lowest BCUT2D eigenvalue weighted by Gasteiger charge is -2.16. The van der Waals surface area contributed by atoms with Gasteiger partial charge < -0.3 is 9.84 Å². The molecule has 0 saturated carbocycles. The molecule has 1 fully saturated rings. The number of hydrogen-bond acceptors (Lipinski definition) is 4. The van der Waals surface area contributed by atoms with Crippen molar-refractivity contribution in [2.75, 3.05) is 19.7 Å². The maximum absolute atomic E-state index is 12.6. The molecule has 0 aromatic heterocycles. The summed E-state index contributed by atoms with van der Waals surface area (Å²) in [4.78, 5) is 11.3. The first kappa shape index (κ1) is 17.7. The van der Waals surface area contributed by atoms with Crippen LogP contribution in [-0.2, 0) is 14.8 Å². The van der Waals surface area contributed by atoms with Crippen molar-refractivity contribution in [3.63, 3.8) is 0 Å². The molecule has 6 nitrogen and oxygen atoms in total. The fraction of sp³-hybridized carbons (Fsp3) is 0.562. The third-order valence-corrected chi connectivity index (χ3v) is 5.79. The summed E-state index contributed by atoms with van der Waals surface area (Å²) in [5.74, 6) is -0.796. The molecule has 1 N–H and O–H groups in total. The predicted octanol–water partition coefficient (Wildman–Crippen LogP) is 2.06. The quantitative estimate of drug-likeness (QED) is 0.856. The van der Waals surface area contributed by atoms with E-state index in [-0.39, 0.29) is 23.9 Å². The topological polar surface area (TPSA) is 83.9 Å². The molecule has 0 bridgehead atoms. The van der Waals surface area contributed by atoms with E-state index < -0.39 is 21.9 Å². The monoisotopic (exact) mass is 341 g/mol. The highest BCUT2D eigenvalue weighted by atomic mass is 32.2. The Bertz CT molecular complexity index is 654. The van der Waals surface area contributed by atoms with Gasteiger partial charge in [0, 0.05) is 13.1 Å². The van der Waals surface area contributed by atoms with Crippen molar-refractivity contribution in [1.29, 1.82) is 0 Å².